The second-order valence-corrected chi connectivity index (χ2v) is 5.53. The highest BCUT2D eigenvalue weighted by molar-refractivity contribution is 5.99. The fourth-order valence-electron chi connectivity index (χ4n) is 2.41. The smallest absolute Gasteiger partial charge is 0.355 e. The third kappa shape index (κ3) is 3.92. The molecule has 6 heteroatoms. The molecule has 0 aliphatic rings. The number of fused-ring (bicyclic) bond motifs is 1. The third-order valence-electron chi connectivity index (χ3n) is 3.64. The van der Waals surface area contributed by atoms with Gasteiger partial charge in [0, 0.05) is 22.2 Å². The van der Waals surface area contributed by atoms with E-state index in [1.54, 1.807) is 30.3 Å². The van der Waals surface area contributed by atoms with Gasteiger partial charge in [0.2, 0.25) is 0 Å². The lowest BCUT2D eigenvalue weighted by Gasteiger charge is -2.07. The van der Waals surface area contributed by atoms with Gasteiger partial charge in [0.05, 0.1) is 0 Å². The largest absolute Gasteiger partial charge is 0.451 e. The zero-order valence-corrected chi connectivity index (χ0v) is 13.5. The highest BCUT2D eigenvalue weighted by Gasteiger charge is 2.13. The summed E-state index contributed by atoms with van der Waals surface area (Å²) in [6.07, 6.45) is 0. The van der Waals surface area contributed by atoms with Crippen molar-refractivity contribution in [3.8, 4) is 0 Å². The topological polar surface area (TPSA) is 88.3 Å². The molecule has 0 bridgehead atoms. The number of carbonyl (C=O) groups is 3. The molecule has 0 aliphatic heterocycles. The van der Waals surface area contributed by atoms with Crippen LogP contribution in [0, 0.1) is 0 Å². The molecule has 0 aliphatic carbocycles. The molecule has 0 radical (unpaired) electrons. The zero-order chi connectivity index (χ0) is 17.8. The quantitative estimate of drug-likeness (QED) is 0.553. The van der Waals surface area contributed by atoms with Gasteiger partial charge in [-0.1, -0.05) is 30.3 Å². The molecule has 0 saturated carbocycles. The van der Waals surface area contributed by atoms with Gasteiger partial charge in [-0.3, -0.25) is 9.59 Å². The molecule has 3 aromatic rings. The first kappa shape index (κ1) is 16.4. The van der Waals surface area contributed by atoms with Crippen molar-refractivity contribution in [2.75, 3.05) is 11.9 Å². The number of hydrogen-bond acceptors (Lipinski definition) is 4. The van der Waals surface area contributed by atoms with Crippen molar-refractivity contribution in [3.63, 3.8) is 0 Å². The fourth-order valence-corrected chi connectivity index (χ4v) is 2.41. The Balaban J connectivity index is 1.59. The minimum absolute atomic E-state index is 0.0960. The Bertz CT molecular complexity index is 926. The van der Waals surface area contributed by atoms with Crippen LogP contribution >= 0.6 is 0 Å². The van der Waals surface area contributed by atoms with Gasteiger partial charge in [-0.2, -0.15) is 0 Å². The van der Waals surface area contributed by atoms with Crippen LogP contribution in [-0.4, -0.2) is 29.3 Å². The summed E-state index contributed by atoms with van der Waals surface area (Å²) in [4.78, 5) is 38.2. The van der Waals surface area contributed by atoms with Crippen LogP contribution in [0.4, 0.5) is 5.69 Å². The molecule has 25 heavy (non-hydrogen) atoms. The van der Waals surface area contributed by atoms with E-state index >= 15 is 0 Å². The first-order chi connectivity index (χ1) is 12.0. The number of rotatable bonds is 5. The molecule has 3 rings (SSSR count). The molecule has 6 nitrogen and oxygen atoms in total. The maximum Gasteiger partial charge on any atom is 0.355 e. The lowest BCUT2D eigenvalue weighted by atomic mass is 10.1. The van der Waals surface area contributed by atoms with E-state index in [9.17, 15) is 14.4 Å². The molecule has 0 spiro atoms. The minimum atomic E-state index is -0.608. The lowest BCUT2D eigenvalue weighted by Crippen LogP contribution is -2.21. The number of para-hydroxylation sites is 1. The fraction of sp³-hybridized carbons (Fsp3) is 0.105. The van der Waals surface area contributed by atoms with Gasteiger partial charge in [0.15, 0.2) is 12.4 Å². The van der Waals surface area contributed by atoms with Crippen molar-refractivity contribution < 1.29 is 19.1 Å². The van der Waals surface area contributed by atoms with Crippen LogP contribution in [0.3, 0.4) is 0 Å². The van der Waals surface area contributed by atoms with Crippen molar-refractivity contribution in [2.45, 2.75) is 6.92 Å². The van der Waals surface area contributed by atoms with E-state index in [4.69, 9.17) is 4.74 Å². The van der Waals surface area contributed by atoms with Crippen LogP contribution in [0.2, 0.25) is 0 Å². The number of aromatic nitrogens is 1. The summed E-state index contributed by atoms with van der Waals surface area (Å²) in [6.45, 7) is 1.03. The van der Waals surface area contributed by atoms with Crippen molar-refractivity contribution >= 4 is 34.3 Å². The Morgan fingerprint density at radius 3 is 2.60 bits per heavy atom. The molecule has 0 unspecified atom stereocenters. The van der Waals surface area contributed by atoms with E-state index in [0.29, 0.717) is 11.3 Å². The van der Waals surface area contributed by atoms with Gasteiger partial charge in [-0.05, 0) is 31.2 Å². The molecular weight excluding hydrogens is 320 g/mol. The van der Waals surface area contributed by atoms with Gasteiger partial charge in [0.25, 0.3) is 5.91 Å². The highest BCUT2D eigenvalue weighted by Crippen LogP contribution is 2.15. The van der Waals surface area contributed by atoms with E-state index in [0.717, 1.165) is 10.9 Å². The normalized spacial score (nSPS) is 10.4. The summed E-state index contributed by atoms with van der Waals surface area (Å²) in [5, 5.41) is 3.48. The number of carbonyl (C=O) groups excluding carboxylic acids is 3. The first-order valence-electron chi connectivity index (χ1n) is 7.68. The summed E-state index contributed by atoms with van der Waals surface area (Å²) >= 11 is 0. The number of anilines is 1. The molecule has 126 valence electrons. The maximum absolute atomic E-state index is 12.0. The minimum Gasteiger partial charge on any atom is -0.451 e. The average Bonchev–Trinajstić information content (AvgIpc) is 3.04. The van der Waals surface area contributed by atoms with Crippen molar-refractivity contribution in [2.24, 2.45) is 0 Å². The monoisotopic (exact) mass is 336 g/mol. The molecule has 2 aromatic carbocycles. The second kappa shape index (κ2) is 7.00. The van der Waals surface area contributed by atoms with E-state index in [2.05, 4.69) is 10.3 Å². The summed E-state index contributed by atoms with van der Waals surface area (Å²) in [5.74, 6) is -1.18. The molecule has 1 amide bonds. The number of amides is 1. The summed E-state index contributed by atoms with van der Waals surface area (Å²) in [5.41, 5.74) is 2.07. The van der Waals surface area contributed by atoms with Crippen LogP contribution in [-0.2, 0) is 9.53 Å². The van der Waals surface area contributed by atoms with E-state index in [1.165, 1.54) is 6.92 Å². The SMILES string of the molecule is CC(=O)c1cccc(NC(=O)COC(=O)c2cc3ccccc3[nH]2)c1. The highest BCUT2D eigenvalue weighted by atomic mass is 16.5. The third-order valence-corrected chi connectivity index (χ3v) is 3.64. The van der Waals surface area contributed by atoms with Crippen molar-refractivity contribution in [1.82, 2.24) is 4.98 Å². The molecule has 0 atom stereocenters. The Morgan fingerprint density at radius 1 is 1.04 bits per heavy atom. The number of Topliss-reactive ketones (excluding diaryl/α,β-unsaturated/α-hetero) is 1. The van der Waals surface area contributed by atoms with Crippen molar-refractivity contribution in [1.29, 1.82) is 0 Å². The Hall–Kier alpha value is -3.41. The number of ketones is 1. The number of esters is 1. The molecule has 2 N–H and O–H groups in total. The van der Waals surface area contributed by atoms with Crippen LogP contribution in [0.5, 0.6) is 0 Å². The number of hydrogen-bond donors (Lipinski definition) is 2. The summed E-state index contributed by atoms with van der Waals surface area (Å²) in [7, 11) is 0. The number of nitrogens with one attached hydrogen (secondary N) is 2. The standard InChI is InChI=1S/C19H16N2O4/c1-12(22)13-6-4-7-15(9-13)20-18(23)11-25-19(24)17-10-14-5-2-3-8-16(14)21-17/h2-10,21H,11H2,1H3,(H,20,23). The summed E-state index contributed by atoms with van der Waals surface area (Å²) < 4.78 is 5.02. The number of benzene rings is 2. The summed E-state index contributed by atoms with van der Waals surface area (Å²) in [6, 6.07) is 15.7. The zero-order valence-electron chi connectivity index (χ0n) is 13.5. The van der Waals surface area contributed by atoms with Crippen LogP contribution in [0.1, 0.15) is 27.8 Å². The van der Waals surface area contributed by atoms with Gasteiger partial charge < -0.3 is 15.0 Å². The molecule has 1 heterocycles. The van der Waals surface area contributed by atoms with E-state index < -0.39 is 18.5 Å². The lowest BCUT2D eigenvalue weighted by molar-refractivity contribution is -0.119. The van der Waals surface area contributed by atoms with Gasteiger partial charge in [0.1, 0.15) is 5.69 Å². The van der Waals surface area contributed by atoms with Crippen LogP contribution < -0.4 is 5.32 Å². The average molecular weight is 336 g/mol. The predicted molar refractivity (Wildman–Crippen MR) is 93.7 cm³/mol. The maximum atomic E-state index is 12.0. The second-order valence-electron chi connectivity index (χ2n) is 5.53. The van der Waals surface area contributed by atoms with Crippen LogP contribution in [0.15, 0.2) is 54.6 Å². The van der Waals surface area contributed by atoms with Gasteiger partial charge in [-0.15, -0.1) is 0 Å². The number of H-pyrrole nitrogens is 1. The van der Waals surface area contributed by atoms with Crippen LogP contribution in [0.25, 0.3) is 10.9 Å². The predicted octanol–water partition coefficient (Wildman–Crippen LogP) is 3.17. The Labute approximate surface area is 143 Å². The van der Waals surface area contributed by atoms with E-state index in [-0.39, 0.29) is 11.5 Å². The van der Waals surface area contributed by atoms with Gasteiger partial charge >= 0.3 is 5.97 Å². The Kier molecular flexibility index (Phi) is 4.61. The number of aromatic amines is 1. The molecule has 0 saturated heterocycles. The Morgan fingerprint density at radius 2 is 1.84 bits per heavy atom. The molecule has 0 fully saturated rings. The van der Waals surface area contributed by atoms with Gasteiger partial charge in [-0.25, -0.2) is 4.79 Å². The molecule has 1 aromatic heterocycles. The van der Waals surface area contributed by atoms with Crippen molar-refractivity contribution in [3.05, 3.63) is 65.9 Å². The number of ether oxygens (including phenoxy) is 1. The molecular formula is C19H16N2O4. The first-order valence-corrected chi connectivity index (χ1v) is 7.68. The van der Waals surface area contributed by atoms with E-state index in [1.807, 2.05) is 24.3 Å².